The molecule has 3 unspecified atom stereocenters. The van der Waals surface area contributed by atoms with Crippen LogP contribution in [0.15, 0.2) is 29.2 Å². The molecular formula is C15H22N4O3S. The summed E-state index contributed by atoms with van der Waals surface area (Å²) in [6.07, 6.45) is 4.02. The Bertz CT molecular complexity index is 674. The van der Waals surface area contributed by atoms with Crippen LogP contribution in [0.4, 0.5) is 0 Å². The lowest BCUT2D eigenvalue weighted by molar-refractivity contribution is -0.123. The molecule has 0 spiro atoms. The number of primary sulfonamides is 1. The number of fused-ring (bicyclic) bond motifs is 1. The maximum Gasteiger partial charge on any atom is 0.238 e. The quantitative estimate of drug-likeness (QED) is 0.585. The molecule has 1 aromatic rings. The average molecular weight is 338 g/mol. The van der Waals surface area contributed by atoms with Gasteiger partial charge in [0.15, 0.2) is 0 Å². The number of carbonyl (C=O) groups excluding carboxylic acids is 1. The first kappa shape index (κ1) is 16.4. The molecule has 3 rings (SSSR count). The van der Waals surface area contributed by atoms with Gasteiger partial charge >= 0.3 is 0 Å². The number of hydrogen-bond acceptors (Lipinski definition) is 5. The molecule has 126 valence electrons. The lowest BCUT2D eigenvalue weighted by Gasteiger charge is -2.16. The van der Waals surface area contributed by atoms with Gasteiger partial charge in [-0.05, 0) is 37.0 Å². The zero-order valence-electron chi connectivity index (χ0n) is 12.8. The zero-order chi connectivity index (χ0) is 16.4. The fourth-order valence-corrected chi connectivity index (χ4v) is 3.93. The second-order valence-electron chi connectivity index (χ2n) is 6.20. The van der Waals surface area contributed by atoms with Crippen molar-refractivity contribution in [3.8, 4) is 0 Å². The van der Waals surface area contributed by atoms with Crippen LogP contribution in [-0.2, 0) is 21.2 Å². The maximum absolute atomic E-state index is 12.3. The standard InChI is InChI=1S/C15H22N4O3S/c16-23(21,22)11-6-4-10(5-7-11)8-9-17-15(20)14-12-2-1-3-13(12)18-19-14/h4-7,12-14,18-19H,1-3,8-9H2,(H,17,20)(H2,16,21,22). The van der Waals surface area contributed by atoms with Gasteiger partial charge < -0.3 is 5.32 Å². The van der Waals surface area contributed by atoms with Gasteiger partial charge in [0.05, 0.1) is 4.90 Å². The van der Waals surface area contributed by atoms with Crippen LogP contribution < -0.4 is 21.3 Å². The minimum Gasteiger partial charge on any atom is -0.354 e. The van der Waals surface area contributed by atoms with E-state index < -0.39 is 10.0 Å². The van der Waals surface area contributed by atoms with Crippen molar-refractivity contribution >= 4 is 15.9 Å². The molecule has 1 saturated carbocycles. The number of hydrazine groups is 1. The molecule has 3 atom stereocenters. The number of nitrogens with one attached hydrogen (secondary N) is 3. The van der Waals surface area contributed by atoms with Gasteiger partial charge in [-0.1, -0.05) is 18.6 Å². The molecule has 1 aromatic carbocycles. The number of benzene rings is 1. The van der Waals surface area contributed by atoms with Crippen LogP contribution in [-0.4, -0.2) is 33.0 Å². The second kappa shape index (κ2) is 6.56. The van der Waals surface area contributed by atoms with Gasteiger partial charge in [0, 0.05) is 18.5 Å². The molecule has 8 heteroatoms. The topological polar surface area (TPSA) is 113 Å². The van der Waals surface area contributed by atoms with Gasteiger partial charge in [-0.15, -0.1) is 0 Å². The van der Waals surface area contributed by atoms with E-state index in [1.165, 1.54) is 18.6 Å². The van der Waals surface area contributed by atoms with Crippen molar-refractivity contribution in [2.45, 2.75) is 42.7 Å². The third-order valence-electron chi connectivity index (χ3n) is 4.67. The monoisotopic (exact) mass is 338 g/mol. The Labute approximate surface area is 136 Å². The van der Waals surface area contributed by atoms with Crippen LogP contribution in [0.2, 0.25) is 0 Å². The zero-order valence-corrected chi connectivity index (χ0v) is 13.6. The fraction of sp³-hybridized carbons (Fsp3) is 0.533. The summed E-state index contributed by atoms with van der Waals surface area (Å²) >= 11 is 0. The van der Waals surface area contributed by atoms with Crippen LogP contribution >= 0.6 is 0 Å². The van der Waals surface area contributed by atoms with Crippen molar-refractivity contribution in [3.05, 3.63) is 29.8 Å². The van der Waals surface area contributed by atoms with E-state index in [2.05, 4.69) is 16.2 Å². The molecule has 1 aliphatic carbocycles. The molecule has 1 aliphatic heterocycles. The summed E-state index contributed by atoms with van der Waals surface area (Å²) < 4.78 is 22.4. The van der Waals surface area contributed by atoms with Crippen LogP contribution in [0.25, 0.3) is 0 Å². The van der Waals surface area contributed by atoms with Crippen molar-refractivity contribution in [1.29, 1.82) is 0 Å². The number of rotatable bonds is 5. The second-order valence-corrected chi connectivity index (χ2v) is 7.76. The molecule has 0 radical (unpaired) electrons. The number of sulfonamides is 1. The maximum atomic E-state index is 12.3. The van der Waals surface area contributed by atoms with E-state index in [-0.39, 0.29) is 16.8 Å². The molecule has 0 bridgehead atoms. The Balaban J connectivity index is 1.48. The molecule has 1 saturated heterocycles. The van der Waals surface area contributed by atoms with Crippen molar-refractivity contribution in [1.82, 2.24) is 16.2 Å². The highest BCUT2D eigenvalue weighted by atomic mass is 32.2. The Morgan fingerprint density at radius 3 is 2.65 bits per heavy atom. The molecular weight excluding hydrogens is 316 g/mol. The summed E-state index contributed by atoms with van der Waals surface area (Å²) in [5.74, 6) is 0.400. The largest absolute Gasteiger partial charge is 0.354 e. The number of amides is 1. The predicted octanol–water partition coefficient (Wildman–Crippen LogP) is -0.362. The molecule has 2 aliphatic rings. The average Bonchev–Trinajstić information content (AvgIpc) is 3.09. The van der Waals surface area contributed by atoms with E-state index in [1.54, 1.807) is 12.1 Å². The molecule has 1 heterocycles. The van der Waals surface area contributed by atoms with Crippen molar-refractivity contribution < 1.29 is 13.2 Å². The van der Waals surface area contributed by atoms with Crippen LogP contribution in [0.1, 0.15) is 24.8 Å². The van der Waals surface area contributed by atoms with Crippen molar-refractivity contribution in [2.75, 3.05) is 6.54 Å². The third-order valence-corrected chi connectivity index (χ3v) is 5.60. The number of nitrogens with two attached hydrogens (primary N) is 1. The first-order valence-electron chi connectivity index (χ1n) is 7.85. The summed E-state index contributed by atoms with van der Waals surface area (Å²) in [6, 6.07) is 6.65. The molecule has 2 fully saturated rings. The molecule has 5 N–H and O–H groups in total. The molecule has 23 heavy (non-hydrogen) atoms. The predicted molar refractivity (Wildman–Crippen MR) is 85.7 cm³/mol. The highest BCUT2D eigenvalue weighted by Crippen LogP contribution is 2.31. The van der Waals surface area contributed by atoms with E-state index in [0.717, 1.165) is 18.4 Å². The van der Waals surface area contributed by atoms with Crippen molar-refractivity contribution in [2.24, 2.45) is 11.1 Å². The first-order chi connectivity index (χ1) is 10.9. The smallest absolute Gasteiger partial charge is 0.238 e. The molecule has 0 aromatic heterocycles. The molecule has 7 nitrogen and oxygen atoms in total. The summed E-state index contributed by atoms with van der Waals surface area (Å²) in [5, 5.41) is 8.01. The lowest BCUT2D eigenvalue weighted by atomic mass is 9.97. The van der Waals surface area contributed by atoms with Gasteiger partial charge in [0.2, 0.25) is 15.9 Å². The van der Waals surface area contributed by atoms with Gasteiger partial charge in [0.25, 0.3) is 0 Å². The van der Waals surface area contributed by atoms with Crippen molar-refractivity contribution in [3.63, 3.8) is 0 Å². The van der Waals surface area contributed by atoms with Crippen LogP contribution in [0.3, 0.4) is 0 Å². The van der Waals surface area contributed by atoms with E-state index >= 15 is 0 Å². The highest BCUT2D eigenvalue weighted by molar-refractivity contribution is 7.89. The number of carbonyl (C=O) groups is 1. The van der Waals surface area contributed by atoms with Gasteiger partial charge in [-0.2, -0.15) is 0 Å². The lowest BCUT2D eigenvalue weighted by Crippen LogP contribution is -2.46. The Kier molecular flexibility index (Phi) is 4.67. The van der Waals surface area contributed by atoms with E-state index in [4.69, 9.17) is 5.14 Å². The van der Waals surface area contributed by atoms with E-state index in [1.807, 2.05) is 0 Å². The minimum atomic E-state index is -3.66. The Hall–Kier alpha value is -1.48. The summed E-state index contributed by atoms with van der Waals surface area (Å²) in [7, 11) is -3.66. The van der Waals surface area contributed by atoms with Gasteiger partial charge in [-0.3, -0.25) is 10.2 Å². The normalized spacial score (nSPS) is 26.9. The summed E-state index contributed by atoms with van der Waals surface area (Å²) in [5.41, 5.74) is 7.24. The van der Waals surface area contributed by atoms with Gasteiger partial charge in [0.1, 0.15) is 6.04 Å². The Morgan fingerprint density at radius 1 is 1.22 bits per heavy atom. The van der Waals surface area contributed by atoms with E-state index in [9.17, 15) is 13.2 Å². The fourth-order valence-electron chi connectivity index (χ4n) is 3.42. The third kappa shape index (κ3) is 3.72. The highest BCUT2D eigenvalue weighted by Gasteiger charge is 2.42. The van der Waals surface area contributed by atoms with E-state index in [0.29, 0.717) is 24.9 Å². The number of hydrogen-bond donors (Lipinski definition) is 4. The van der Waals surface area contributed by atoms with Crippen LogP contribution in [0, 0.1) is 5.92 Å². The molecule has 1 amide bonds. The Morgan fingerprint density at radius 2 is 1.96 bits per heavy atom. The van der Waals surface area contributed by atoms with Gasteiger partial charge in [-0.25, -0.2) is 19.0 Å². The first-order valence-corrected chi connectivity index (χ1v) is 9.40. The minimum absolute atomic E-state index is 0.0213. The van der Waals surface area contributed by atoms with Crippen LogP contribution in [0.5, 0.6) is 0 Å². The summed E-state index contributed by atoms with van der Waals surface area (Å²) in [4.78, 5) is 12.4. The SMILES string of the molecule is NS(=O)(=O)c1ccc(CCNC(=O)C2NNC3CCCC32)cc1. The summed E-state index contributed by atoms with van der Waals surface area (Å²) in [6.45, 7) is 0.517.